The molecule has 0 aromatic carbocycles. The average molecular weight is 158 g/mol. The van der Waals surface area contributed by atoms with Gasteiger partial charge in [-0.2, -0.15) is 10.4 Å². The number of nitrogens with zero attached hydrogens (tertiary/aromatic N) is 4. The third-order valence-corrected chi connectivity index (χ3v) is 1.69. The summed E-state index contributed by atoms with van der Waals surface area (Å²) in [5, 5.41) is 12.8. The van der Waals surface area contributed by atoms with E-state index in [1.165, 1.54) is 0 Å². The van der Waals surface area contributed by atoms with Crippen LogP contribution in [0.4, 0.5) is 0 Å². The van der Waals surface area contributed by atoms with E-state index in [2.05, 4.69) is 16.2 Å². The number of nitriles is 1. The molecule has 0 saturated carbocycles. The molecular formula is C8H6N4. The molecule has 2 aromatic heterocycles. The van der Waals surface area contributed by atoms with Gasteiger partial charge < -0.3 is 0 Å². The number of hydrogen-bond acceptors (Lipinski definition) is 3. The van der Waals surface area contributed by atoms with Crippen LogP contribution in [-0.2, 0) is 0 Å². The highest BCUT2D eigenvalue weighted by molar-refractivity contribution is 5.46. The Morgan fingerprint density at radius 1 is 1.58 bits per heavy atom. The van der Waals surface area contributed by atoms with Gasteiger partial charge in [-0.3, -0.25) is 0 Å². The number of imidazole rings is 1. The molecule has 4 heteroatoms. The Morgan fingerprint density at radius 2 is 2.42 bits per heavy atom. The highest BCUT2D eigenvalue weighted by atomic mass is 15.2. The number of hydrogen-bond donors (Lipinski definition) is 0. The fourth-order valence-corrected chi connectivity index (χ4v) is 1.06. The maximum absolute atomic E-state index is 8.69. The second kappa shape index (κ2) is 2.31. The molecule has 0 spiro atoms. The van der Waals surface area contributed by atoms with E-state index in [4.69, 9.17) is 5.26 Å². The maximum Gasteiger partial charge on any atom is 0.154 e. The fourth-order valence-electron chi connectivity index (χ4n) is 1.06. The minimum Gasteiger partial charge on any atom is -0.235 e. The van der Waals surface area contributed by atoms with Gasteiger partial charge in [-0.05, 0) is 6.92 Å². The summed E-state index contributed by atoms with van der Waals surface area (Å²) in [6.07, 6.45) is 3.41. The zero-order chi connectivity index (χ0) is 8.55. The summed E-state index contributed by atoms with van der Waals surface area (Å²) in [6, 6.07) is 3.79. The van der Waals surface area contributed by atoms with Gasteiger partial charge in [0.05, 0.1) is 11.3 Å². The lowest BCUT2D eigenvalue weighted by Crippen LogP contribution is -1.96. The molecule has 58 valence electrons. The third kappa shape index (κ3) is 0.839. The van der Waals surface area contributed by atoms with Crippen LogP contribution < -0.4 is 0 Å². The van der Waals surface area contributed by atoms with Crippen molar-refractivity contribution in [2.45, 2.75) is 6.92 Å². The molecule has 0 aliphatic heterocycles. The summed E-state index contributed by atoms with van der Waals surface area (Å²) in [7, 11) is 0. The Balaban J connectivity index is 2.84. The molecule has 0 saturated heterocycles. The molecule has 0 radical (unpaired) electrons. The van der Waals surface area contributed by atoms with E-state index in [0.29, 0.717) is 11.2 Å². The molecule has 12 heavy (non-hydrogen) atoms. The Bertz CT molecular complexity index is 463. The Morgan fingerprint density at radius 3 is 3.17 bits per heavy atom. The first-order valence-corrected chi connectivity index (χ1v) is 3.52. The number of rotatable bonds is 0. The van der Waals surface area contributed by atoms with Gasteiger partial charge in [-0.25, -0.2) is 9.50 Å². The van der Waals surface area contributed by atoms with Crippen molar-refractivity contribution in [2.24, 2.45) is 0 Å². The second-order valence-electron chi connectivity index (χ2n) is 2.49. The summed E-state index contributed by atoms with van der Waals surface area (Å²) < 4.78 is 1.65. The summed E-state index contributed by atoms with van der Waals surface area (Å²) in [5.41, 5.74) is 2.01. The van der Waals surface area contributed by atoms with Gasteiger partial charge in [0, 0.05) is 18.5 Å². The molecule has 0 unspecified atom stereocenters. The van der Waals surface area contributed by atoms with E-state index in [1.807, 2.05) is 0 Å². The third-order valence-electron chi connectivity index (χ3n) is 1.69. The van der Waals surface area contributed by atoms with Crippen molar-refractivity contribution in [3.05, 3.63) is 29.7 Å². The molecule has 2 aromatic rings. The zero-order valence-corrected chi connectivity index (χ0v) is 6.52. The van der Waals surface area contributed by atoms with Crippen LogP contribution in [0.25, 0.3) is 5.65 Å². The second-order valence-corrected chi connectivity index (χ2v) is 2.49. The minimum absolute atomic E-state index is 0.578. The van der Waals surface area contributed by atoms with Crippen LogP contribution >= 0.6 is 0 Å². The first kappa shape index (κ1) is 6.80. The monoisotopic (exact) mass is 158 g/mol. The Kier molecular flexibility index (Phi) is 1.31. The molecule has 2 rings (SSSR count). The summed E-state index contributed by atoms with van der Waals surface area (Å²) >= 11 is 0. The molecule has 0 aliphatic rings. The summed E-state index contributed by atoms with van der Waals surface area (Å²) in [6.45, 7) is 1.80. The van der Waals surface area contributed by atoms with Crippen LogP contribution in [-0.4, -0.2) is 14.6 Å². The molecule has 0 bridgehead atoms. The van der Waals surface area contributed by atoms with Crippen molar-refractivity contribution in [3.63, 3.8) is 0 Å². The lowest BCUT2D eigenvalue weighted by atomic mass is 10.2. The van der Waals surface area contributed by atoms with Gasteiger partial charge in [0.25, 0.3) is 0 Å². The van der Waals surface area contributed by atoms with Crippen LogP contribution in [0, 0.1) is 18.3 Å². The predicted octanol–water partition coefficient (Wildman–Crippen LogP) is 0.909. The maximum atomic E-state index is 8.69. The highest BCUT2D eigenvalue weighted by Crippen LogP contribution is 2.05. The molecule has 0 N–H and O–H groups in total. The normalized spacial score (nSPS) is 10.0. The van der Waals surface area contributed by atoms with Crippen LogP contribution in [0.1, 0.15) is 11.3 Å². The molecular weight excluding hydrogens is 152 g/mol. The smallest absolute Gasteiger partial charge is 0.154 e. The molecule has 2 heterocycles. The van der Waals surface area contributed by atoms with E-state index in [-0.39, 0.29) is 0 Å². The van der Waals surface area contributed by atoms with Crippen molar-refractivity contribution in [1.82, 2.24) is 14.6 Å². The van der Waals surface area contributed by atoms with Gasteiger partial charge in [0.15, 0.2) is 5.65 Å². The topological polar surface area (TPSA) is 54.0 Å². The lowest BCUT2D eigenvalue weighted by molar-refractivity contribution is 0.896. The van der Waals surface area contributed by atoms with Gasteiger partial charge >= 0.3 is 0 Å². The van der Waals surface area contributed by atoms with Crippen LogP contribution in [0.15, 0.2) is 18.5 Å². The molecule has 0 fully saturated rings. The van der Waals surface area contributed by atoms with Crippen LogP contribution in [0.3, 0.4) is 0 Å². The van der Waals surface area contributed by atoms with E-state index in [0.717, 1.165) is 5.69 Å². The van der Waals surface area contributed by atoms with Crippen molar-refractivity contribution in [1.29, 1.82) is 5.26 Å². The summed E-state index contributed by atoms with van der Waals surface area (Å²) in [4.78, 5) is 4.02. The Hall–Kier alpha value is -1.89. The van der Waals surface area contributed by atoms with Crippen molar-refractivity contribution >= 4 is 5.65 Å². The molecule has 0 atom stereocenters. The van der Waals surface area contributed by atoms with Crippen molar-refractivity contribution in [3.8, 4) is 6.07 Å². The molecule has 0 aliphatic carbocycles. The lowest BCUT2D eigenvalue weighted by Gasteiger charge is -1.96. The van der Waals surface area contributed by atoms with Crippen LogP contribution in [0.2, 0.25) is 0 Å². The predicted molar refractivity (Wildman–Crippen MR) is 42.4 cm³/mol. The van der Waals surface area contributed by atoms with E-state index in [9.17, 15) is 0 Å². The number of aromatic nitrogens is 3. The van der Waals surface area contributed by atoms with Gasteiger partial charge in [0.1, 0.15) is 6.07 Å². The van der Waals surface area contributed by atoms with Gasteiger partial charge in [0.2, 0.25) is 0 Å². The average Bonchev–Trinajstić information content (AvgIpc) is 2.49. The SMILES string of the molecule is Cc1nn2ccnc2cc1C#N. The first-order valence-electron chi connectivity index (χ1n) is 3.52. The largest absolute Gasteiger partial charge is 0.235 e. The standard InChI is InChI=1S/C8H6N4/c1-6-7(5-9)4-8-10-2-3-12(8)11-6/h2-4H,1H3. The van der Waals surface area contributed by atoms with Crippen molar-refractivity contribution in [2.75, 3.05) is 0 Å². The van der Waals surface area contributed by atoms with Crippen molar-refractivity contribution < 1.29 is 0 Å². The Labute approximate surface area is 69.1 Å². The van der Waals surface area contributed by atoms with Gasteiger partial charge in [-0.1, -0.05) is 0 Å². The minimum atomic E-state index is 0.578. The first-order chi connectivity index (χ1) is 5.81. The van der Waals surface area contributed by atoms with E-state index < -0.39 is 0 Å². The van der Waals surface area contributed by atoms with Gasteiger partial charge in [-0.15, -0.1) is 0 Å². The number of fused-ring (bicyclic) bond motifs is 1. The highest BCUT2D eigenvalue weighted by Gasteiger charge is 2.01. The quantitative estimate of drug-likeness (QED) is 0.572. The molecule has 0 amide bonds. The summed E-state index contributed by atoms with van der Waals surface area (Å²) in [5.74, 6) is 0. The molecule has 4 nitrogen and oxygen atoms in total. The fraction of sp³-hybridized carbons (Fsp3) is 0.125. The van der Waals surface area contributed by atoms with E-state index in [1.54, 1.807) is 29.9 Å². The van der Waals surface area contributed by atoms with Crippen LogP contribution in [0.5, 0.6) is 0 Å². The zero-order valence-electron chi connectivity index (χ0n) is 6.52. The van der Waals surface area contributed by atoms with E-state index >= 15 is 0 Å². The number of aryl methyl sites for hydroxylation is 1.